The molecule has 1 heterocycles. The summed E-state index contributed by atoms with van der Waals surface area (Å²) in [5, 5.41) is 25.4. The molecular formula is C24H25F3N2O3. The summed E-state index contributed by atoms with van der Waals surface area (Å²) in [5.74, 6) is -0.653. The van der Waals surface area contributed by atoms with E-state index in [-0.39, 0.29) is 16.9 Å². The van der Waals surface area contributed by atoms with Crippen LogP contribution < -0.4 is 10.9 Å². The van der Waals surface area contributed by atoms with E-state index in [0.29, 0.717) is 40.6 Å². The van der Waals surface area contributed by atoms with Crippen molar-refractivity contribution in [2.24, 2.45) is 0 Å². The standard InChI is InChI=1S/C24H25F3N2O3/c1-3-13-8-9-16-20(21(13)31)14(4-2)12-23(32,24(25,26)27)22(16)29-18-7-5-6-17-15(18)10-11-19(30)28-17/h5-11,14,22,29,31-32H,3-4,12H2,1-2H3,(H,28,30)/t14?,22?,23-/m1/s1. The van der Waals surface area contributed by atoms with E-state index in [1.54, 1.807) is 37.3 Å². The van der Waals surface area contributed by atoms with E-state index >= 15 is 0 Å². The molecule has 2 aromatic carbocycles. The normalized spacial score (nSPS) is 23.2. The zero-order chi connectivity index (χ0) is 23.3. The van der Waals surface area contributed by atoms with Crippen LogP contribution in [-0.2, 0) is 6.42 Å². The van der Waals surface area contributed by atoms with Gasteiger partial charge in [-0.05, 0) is 54.5 Å². The highest BCUT2D eigenvalue weighted by Gasteiger charge is 2.62. The van der Waals surface area contributed by atoms with Gasteiger partial charge in [0.05, 0.1) is 11.6 Å². The second kappa shape index (κ2) is 7.85. The van der Waals surface area contributed by atoms with Crippen molar-refractivity contribution in [2.75, 3.05) is 5.32 Å². The number of phenolic OH excluding ortho intramolecular Hbond substituents is 1. The third kappa shape index (κ3) is 3.43. The lowest BCUT2D eigenvalue weighted by atomic mass is 9.68. The number of aryl methyl sites for hydroxylation is 1. The van der Waals surface area contributed by atoms with E-state index in [1.807, 2.05) is 6.92 Å². The smallest absolute Gasteiger partial charge is 0.419 e. The van der Waals surface area contributed by atoms with Gasteiger partial charge in [-0.15, -0.1) is 0 Å². The Morgan fingerprint density at radius 2 is 1.91 bits per heavy atom. The van der Waals surface area contributed by atoms with Gasteiger partial charge in [-0.3, -0.25) is 4.79 Å². The number of rotatable bonds is 4. The average Bonchev–Trinajstić information content (AvgIpc) is 2.74. The molecule has 4 rings (SSSR count). The van der Waals surface area contributed by atoms with E-state index < -0.39 is 30.2 Å². The molecule has 32 heavy (non-hydrogen) atoms. The molecule has 2 unspecified atom stereocenters. The molecule has 3 atom stereocenters. The van der Waals surface area contributed by atoms with Crippen LogP contribution in [0.5, 0.6) is 5.75 Å². The van der Waals surface area contributed by atoms with Crippen LogP contribution in [0, 0.1) is 0 Å². The molecule has 0 saturated heterocycles. The number of aromatic amines is 1. The Morgan fingerprint density at radius 1 is 1.16 bits per heavy atom. The number of H-pyrrole nitrogens is 1. The highest BCUT2D eigenvalue weighted by atomic mass is 19.4. The zero-order valence-electron chi connectivity index (χ0n) is 17.8. The molecule has 0 saturated carbocycles. The molecule has 0 radical (unpaired) electrons. The van der Waals surface area contributed by atoms with E-state index in [9.17, 15) is 28.2 Å². The minimum absolute atomic E-state index is 0.00451. The Kier molecular flexibility index (Phi) is 5.45. The van der Waals surface area contributed by atoms with Gasteiger partial charge in [0.15, 0.2) is 5.60 Å². The molecule has 8 heteroatoms. The summed E-state index contributed by atoms with van der Waals surface area (Å²) in [6, 6.07) is 9.32. The SMILES string of the molecule is CCc1ccc2c(c1O)C(CC)C[C@](O)(C(F)(F)F)C2Nc1cccc2[nH]c(=O)ccc12. The zero-order valence-corrected chi connectivity index (χ0v) is 17.8. The molecular weight excluding hydrogens is 421 g/mol. The summed E-state index contributed by atoms with van der Waals surface area (Å²) in [7, 11) is 0. The number of benzene rings is 2. The number of anilines is 1. The largest absolute Gasteiger partial charge is 0.507 e. The number of hydrogen-bond acceptors (Lipinski definition) is 4. The molecule has 0 fully saturated rings. The number of fused-ring (bicyclic) bond motifs is 2. The topological polar surface area (TPSA) is 85.3 Å². The van der Waals surface area contributed by atoms with Crippen LogP contribution in [0.2, 0.25) is 0 Å². The summed E-state index contributed by atoms with van der Waals surface area (Å²) < 4.78 is 42.9. The maximum absolute atomic E-state index is 14.3. The fraction of sp³-hybridized carbons (Fsp3) is 0.375. The van der Waals surface area contributed by atoms with Gasteiger partial charge in [-0.2, -0.15) is 13.2 Å². The lowest BCUT2D eigenvalue weighted by Gasteiger charge is -2.46. The molecule has 1 aliphatic rings. The summed E-state index contributed by atoms with van der Waals surface area (Å²) in [6.45, 7) is 3.61. The second-order valence-corrected chi connectivity index (χ2v) is 8.33. The fourth-order valence-corrected chi connectivity index (χ4v) is 4.78. The first-order chi connectivity index (χ1) is 15.1. The lowest BCUT2D eigenvalue weighted by Crippen LogP contribution is -2.55. The number of phenols is 1. The number of alkyl halides is 3. The Bertz CT molecular complexity index is 1220. The number of nitrogens with one attached hydrogen (secondary N) is 2. The maximum Gasteiger partial charge on any atom is 0.419 e. The van der Waals surface area contributed by atoms with Crippen LogP contribution in [0.3, 0.4) is 0 Å². The minimum atomic E-state index is -4.91. The van der Waals surface area contributed by atoms with Gasteiger partial charge in [-0.25, -0.2) is 0 Å². The summed E-state index contributed by atoms with van der Waals surface area (Å²) in [4.78, 5) is 14.3. The molecule has 0 bridgehead atoms. The highest BCUT2D eigenvalue weighted by molar-refractivity contribution is 5.91. The first kappa shape index (κ1) is 22.2. The molecule has 3 aromatic rings. The van der Waals surface area contributed by atoms with Crippen molar-refractivity contribution in [1.29, 1.82) is 0 Å². The van der Waals surface area contributed by atoms with E-state index in [2.05, 4.69) is 10.3 Å². The summed E-state index contributed by atoms with van der Waals surface area (Å²) in [6.07, 6.45) is -4.60. The molecule has 0 spiro atoms. The van der Waals surface area contributed by atoms with Crippen molar-refractivity contribution in [3.8, 4) is 5.75 Å². The highest BCUT2D eigenvalue weighted by Crippen LogP contribution is 2.55. The van der Waals surface area contributed by atoms with Crippen LogP contribution in [0.25, 0.3) is 10.9 Å². The molecule has 1 aliphatic carbocycles. The summed E-state index contributed by atoms with van der Waals surface area (Å²) in [5.41, 5.74) is -1.25. The average molecular weight is 446 g/mol. The monoisotopic (exact) mass is 446 g/mol. The van der Waals surface area contributed by atoms with Gasteiger partial charge < -0.3 is 20.5 Å². The first-order valence-electron chi connectivity index (χ1n) is 10.6. The number of aromatic nitrogens is 1. The Morgan fingerprint density at radius 3 is 2.56 bits per heavy atom. The third-order valence-electron chi connectivity index (χ3n) is 6.52. The quantitative estimate of drug-likeness (QED) is 0.447. The molecule has 0 aliphatic heterocycles. The molecule has 1 aromatic heterocycles. The van der Waals surface area contributed by atoms with E-state index in [1.165, 1.54) is 12.1 Å². The van der Waals surface area contributed by atoms with Crippen molar-refractivity contribution in [1.82, 2.24) is 4.98 Å². The number of halogens is 3. The number of hydrogen-bond donors (Lipinski definition) is 4. The Labute approximate surface area is 182 Å². The van der Waals surface area contributed by atoms with E-state index in [4.69, 9.17) is 0 Å². The predicted octanol–water partition coefficient (Wildman–Crippen LogP) is 5.14. The van der Waals surface area contributed by atoms with Gasteiger partial charge in [0.1, 0.15) is 5.75 Å². The number of aromatic hydroxyl groups is 1. The van der Waals surface area contributed by atoms with Gasteiger partial charge in [0, 0.05) is 22.7 Å². The second-order valence-electron chi connectivity index (χ2n) is 8.33. The fourth-order valence-electron chi connectivity index (χ4n) is 4.78. The van der Waals surface area contributed by atoms with Gasteiger partial charge in [0.2, 0.25) is 5.56 Å². The van der Waals surface area contributed by atoms with Crippen molar-refractivity contribution in [2.45, 2.75) is 56.8 Å². The lowest BCUT2D eigenvalue weighted by molar-refractivity contribution is -0.272. The van der Waals surface area contributed by atoms with Gasteiger partial charge in [-0.1, -0.05) is 32.0 Å². The van der Waals surface area contributed by atoms with Crippen molar-refractivity contribution < 1.29 is 23.4 Å². The minimum Gasteiger partial charge on any atom is -0.507 e. The first-order valence-corrected chi connectivity index (χ1v) is 10.6. The van der Waals surface area contributed by atoms with Crippen molar-refractivity contribution in [3.63, 3.8) is 0 Å². The van der Waals surface area contributed by atoms with Crippen LogP contribution in [0.15, 0.2) is 47.3 Å². The molecule has 4 N–H and O–H groups in total. The Hall–Kier alpha value is -3.00. The molecule has 170 valence electrons. The summed E-state index contributed by atoms with van der Waals surface area (Å²) >= 11 is 0. The third-order valence-corrected chi connectivity index (χ3v) is 6.52. The predicted molar refractivity (Wildman–Crippen MR) is 117 cm³/mol. The molecule has 0 amide bonds. The van der Waals surface area contributed by atoms with Crippen LogP contribution >= 0.6 is 0 Å². The number of pyridine rings is 1. The van der Waals surface area contributed by atoms with Crippen LogP contribution in [0.4, 0.5) is 18.9 Å². The Balaban J connectivity index is 1.94. The van der Waals surface area contributed by atoms with Crippen molar-refractivity contribution >= 4 is 16.6 Å². The van der Waals surface area contributed by atoms with Crippen LogP contribution in [-0.4, -0.2) is 27.0 Å². The maximum atomic E-state index is 14.3. The number of aliphatic hydroxyl groups is 1. The van der Waals surface area contributed by atoms with Crippen molar-refractivity contribution in [3.05, 3.63) is 69.5 Å². The van der Waals surface area contributed by atoms with Crippen LogP contribution in [0.1, 0.15) is 55.3 Å². The van der Waals surface area contributed by atoms with Gasteiger partial charge in [0.25, 0.3) is 0 Å². The van der Waals surface area contributed by atoms with Gasteiger partial charge >= 0.3 is 6.18 Å². The molecule has 5 nitrogen and oxygen atoms in total. The van der Waals surface area contributed by atoms with E-state index in [0.717, 1.165) is 0 Å².